The minimum atomic E-state index is -1.06. The fourth-order valence-corrected chi connectivity index (χ4v) is 5.15. The number of hydrogen-bond donors (Lipinski definition) is 1. The molecule has 1 aliphatic heterocycles. The summed E-state index contributed by atoms with van der Waals surface area (Å²) in [6.45, 7) is 17.8. The van der Waals surface area contributed by atoms with Crippen LogP contribution in [0.15, 0.2) is 21.3 Å². The smallest absolute Gasteiger partial charge is 1.00 e. The number of ether oxygens (including phenoxy) is 5. The first-order valence-corrected chi connectivity index (χ1v) is 23.1. The molecule has 17 heteroatoms. The van der Waals surface area contributed by atoms with Gasteiger partial charge in [-0.15, -0.1) is 0 Å². The number of aromatic nitrogens is 4. The number of aromatic amines is 1. The molecule has 1 fully saturated rings. The molecular weight excluding hydrogens is 755 g/mol. The van der Waals surface area contributed by atoms with Gasteiger partial charge in [-0.1, -0.05) is 50.9 Å². The van der Waals surface area contributed by atoms with E-state index in [9.17, 15) is 9.59 Å². The van der Waals surface area contributed by atoms with Crippen LogP contribution < -0.4 is 29.6 Å². The van der Waals surface area contributed by atoms with Crippen LogP contribution in [0.4, 0.5) is 0 Å². The largest absolute Gasteiger partial charge is 1.00 e. The predicted octanol–water partition coefficient (Wildman–Crippen LogP) is 4.15. The molecule has 0 bridgehead atoms. The standard InChI is InChI=1S/C11H19BrN2O3Si.C6H15ClOSi.C5H5BrN2O2.C4H8O.Na.H/c1-16-11(15)10-9(12)7-14(13-10)8-17-5-6-18(2,3)4;1-9(2,3)5-4-8-6-7;1-10-5(9)4-3(6)2-7-8-4;1-2-4-5-3-1;;/h7H,5-6,8H2,1-4H3;4-6H2,1-3H3;2H,1H3,(H,7,8);1-4H2;;/q;;;;+1;-1. The van der Waals surface area contributed by atoms with Crippen molar-refractivity contribution in [1.82, 2.24) is 20.0 Å². The van der Waals surface area contributed by atoms with E-state index in [1.807, 2.05) is 0 Å². The van der Waals surface area contributed by atoms with E-state index in [0.29, 0.717) is 27.4 Å². The van der Waals surface area contributed by atoms with Crippen LogP contribution in [0.25, 0.3) is 0 Å². The zero-order chi connectivity index (χ0) is 32.2. The first-order chi connectivity index (χ1) is 19.6. The number of H-pyrrole nitrogens is 1. The van der Waals surface area contributed by atoms with Crippen molar-refractivity contribution in [2.75, 3.05) is 46.7 Å². The van der Waals surface area contributed by atoms with E-state index < -0.39 is 28.1 Å². The Morgan fingerprint density at radius 3 is 1.91 bits per heavy atom. The number of hydrogen-bond acceptors (Lipinski definition) is 9. The normalized spacial score (nSPS) is 12.3. The average Bonchev–Trinajstić information content (AvgIpc) is 3.69. The van der Waals surface area contributed by atoms with Crippen LogP contribution in [0, 0.1) is 0 Å². The van der Waals surface area contributed by atoms with Crippen molar-refractivity contribution in [3.8, 4) is 0 Å². The summed E-state index contributed by atoms with van der Waals surface area (Å²) in [6, 6.07) is 2.66. The Morgan fingerprint density at radius 1 is 0.977 bits per heavy atom. The van der Waals surface area contributed by atoms with Gasteiger partial charge in [-0.2, -0.15) is 10.2 Å². The van der Waals surface area contributed by atoms with Gasteiger partial charge in [0.1, 0.15) is 12.8 Å². The van der Waals surface area contributed by atoms with Gasteiger partial charge in [0.15, 0.2) is 11.4 Å². The van der Waals surface area contributed by atoms with Crippen LogP contribution in [-0.4, -0.2) is 94.8 Å². The maximum atomic E-state index is 11.3. The Balaban J connectivity index is -0.000000551. The molecule has 2 aromatic heterocycles. The van der Waals surface area contributed by atoms with E-state index in [-0.39, 0.29) is 36.7 Å². The third-order valence-electron chi connectivity index (χ3n) is 5.20. The molecule has 0 aliphatic carbocycles. The number of nitrogens with one attached hydrogen (secondary N) is 1. The molecule has 43 heavy (non-hydrogen) atoms. The number of halogens is 3. The summed E-state index contributed by atoms with van der Waals surface area (Å²) in [7, 11) is 0.706. The SMILES string of the molecule is C1CCOC1.COC(=O)c1[nH]ncc1Br.COC(=O)c1nn(COCC[Si](C)(C)C)cc1Br.C[Si](C)(C)CCOCCl.[H-].[Na+]. The van der Waals surface area contributed by atoms with Gasteiger partial charge in [-0.05, 0) is 56.8 Å². The zero-order valence-corrected chi connectivity index (χ0v) is 35.0. The molecular formula is C26H48Br2ClN4NaO7Si2. The van der Waals surface area contributed by atoms with Crippen LogP contribution in [-0.2, 0) is 30.4 Å². The molecule has 0 unspecified atom stereocenters. The van der Waals surface area contributed by atoms with Crippen molar-refractivity contribution in [1.29, 1.82) is 0 Å². The Bertz CT molecular complexity index is 1030. The van der Waals surface area contributed by atoms with Gasteiger partial charge in [-0.3, -0.25) is 5.10 Å². The minimum Gasteiger partial charge on any atom is -1.00 e. The molecule has 0 radical (unpaired) electrons. The second kappa shape index (κ2) is 25.1. The minimum absolute atomic E-state index is 0. The Labute approximate surface area is 303 Å². The Hall–Kier alpha value is -0.0762. The fraction of sp³-hybridized carbons (Fsp3) is 0.692. The summed E-state index contributed by atoms with van der Waals surface area (Å²) >= 11 is 11.7. The maximum absolute atomic E-state index is 11.3. The van der Waals surface area contributed by atoms with Gasteiger partial charge in [0.2, 0.25) is 0 Å². The van der Waals surface area contributed by atoms with Crippen LogP contribution in [0.2, 0.25) is 51.4 Å². The first kappa shape index (κ1) is 45.0. The number of rotatable bonds is 11. The van der Waals surface area contributed by atoms with E-state index in [1.54, 1.807) is 10.9 Å². The molecule has 0 saturated carbocycles. The van der Waals surface area contributed by atoms with E-state index in [2.05, 4.69) is 95.9 Å². The monoisotopic (exact) mass is 800 g/mol. The molecule has 0 aromatic carbocycles. The van der Waals surface area contributed by atoms with Gasteiger partial charge in [0.05, 0.1) is 29.4 Å². The van der Waals surface area contributed by atoms with E-state index in [4.69, 9.17) is 25.8 Å². The fourth-order valence-electron chi connectivity index (χ4n) is 2.69. The molecule has 2 aromatic rings. The molecule has 1 saturated heterocycles. The quantitative estimate of drug-likeness (QED) is 0.154. The molecule has 11 nitrogen and oxygen atoms in total. The summed E-state index contributed by atoms with van der Waals surface area (Å²) < 4.78 is 27.4. The molecule has 0 atom stereocenters. The van der Waals surface area contributed by atoms with Crippen LogP contribution in [0.1, 0.15) is 35.2 Å². The number of esters is 2. The molecule has 0 amide bonds. The number of carbonyl (C=O) groups is 2. The van der Waals surface area contributed by atoms with Crippen LogP contribution in [0.5, 0.6) is 0 Å². The first-order valence-electron chi connectivity index (χ1n) is 13.5. The van der Waals surface area contributed by atoms with Crippen molar-refractivity contribution in [2.24, 2.45) is 0 Å². The Morgan fingerprint density at radius 2 is 1.51 bits per heavy atom. The van der Waals surface area contributed by atoms with Crippen molar-refractivity contribution in [2.45, 2.75) is 70.9 Å². The van der Waals surface area contributed by atoms with Gasteiger partial charge >= 0.3 is 41.5 Å². The Kier molecular flexibility index (Phi) is 26.3. The molecule has 244 valence electrons. The van der Waals surface area contributed by atoms with Gasteiger partial charge in [-0.25, -0.2) is 14.3 Å². The summed E-state index contributed by atoms with van der Waals surface area (Å²) in [4.78, 5) is 22.1. The molecule has 0 spiro atoms. The zero-order valence-electron chi connectivity index (χ0n) is 28.1. The number of nitrogens with zero attached hydrogens (tertiary/aromatic N) is 3. The van der Waals surface area contributed by atoms with E-state index >= 15 is 0 Å². The van der Waals surface area contributed by atoms with Gasteiger partial charge in [0.25, 0.3) is 0 Å². The third kappa shape index (κ3) is 23.9. The van der Waals surface area contributed by atoms with Gasteiger partial charge < -0.3 is 25.1 Å². The van der Waals surface area contributed by atoms with E-state index in [1.165, 1.54) is 39.3 Å². The topological polar surface area (TPSA) is 127 Å². The van der Waals surface area contributed by atoms with Crippen molar-refractivity contribution >= 4 is 71.5 Å². The molecule has 3 rings (SSSR count). The van der Waals surface area contributed by atoms with Crippen LogP contribution in [0.3, 0.4) is 0 Å². The molecule has 1 aliphatic rings. The summed E-state index contributed by atoms with van der Waals surface area (Å²) in [5, 5.41) is 10.2. The van der Waals surface area contributed by atoms with Crippen molar-refractivity contribution in [3.63, 3.8) is 0 Å². The molecule has 1 N–H and O–H groups in total. The second-order valence-electron chi connectivity index (χ2n) is 11.4. The summed E-state index contributed by atoms with van der Waals surface area (Å²) in [6.07, 6.45) is 5.76. The summed E-state index contributed by atoms with van der Waals surface area (Å²) in [5.74, 6) is -0.882. The number of alkyl halides is 1. The number of carbonyl (C=O) groups excluding carboxylic acids is 2. The summed E-state index contributed by atoms with van der Waals surface area (Å²) in [5.41, 5.74) is 0.605. The van der Waals surface area contributed by atoms with Gasteiger partial charge in [0, 0.05) is 48.8 Å². The average molecular weight is 803 g/mol. The van der Waals surface area contributed by atoms with Crippen molar-refractivity contribution < 1.29 is 64.3 Å². The maximum Gasteiger partial charge on any atom is 1.00 e. The van der Waals surface area contributed by atoms with Crippen molar-refractivity contribution in [3.05, 3.63) is 32.7 Å². The van der Waals surface area contributed by atoms with E-state index in [0.717, 1.165) is 32.5 Å². The third-order valence-corrected chi connectivity index (χ3v) is 9.94. The number of methoxy groups -OCH3 is 2. The van der Waals surface area contributed by atoms with Crippen LogP contribution >= 0.6 is 43.5 Å². The molecule has 3 heterocycles. The second-order valence-corrected chi connectivity index (χ2v) is 24.6. The predicted molar refractivity (Wildman–Crippen MR) is 179 cm³/mol.